The van der Waals surface area contributed by atoms with E-state index in [4.69, 9.17) is 11.5 Å². The van der Waals surface area contributed by atoms with E-state index in [1.54, 1.807) is 0 Å². The first kappa shape index (κ1) is 60.4. The van der Waals surface area contributed by atoms with E-state index in [0.717, 1.165) is 49.8 Å². The minimum atomic E-state index is -1.84. The molecule has 10 amide bonds. The van der Waals surface area contributed by atoms with Crippen LogP contribution in [0, 0.1) is 0 Å². The van der Waals surface area contributed by atoms with Crippen molar-refractivity contribution in [1.82, 2.24) is 42.1 Å². The van der Waals surface area contributed by atoms with Gasteiger partial charge in [0.25, 0.3) is 0 Å². The maximum absolute atomic E-state index is 14.3. The predicted octanol–water partition coefficient (Wildman–Crippen LogP) is -2.37. The van der Waals surface area contributed by atoms with Crippen LogP contribution in [0.25, 0.3) is 0 Å². The average molecular weight is 1030 g/mol. The number of aliphatic carboxylic acids is 1. The number of phenols is 1. The number of aliphatic hydroxyl groups excluding tert-OH is 2. The molecule has 2 aliphatic rings. The van der Waals surface area contributed by atoms with Crippen LogP contribution in [0.2, 0.25) is 0 Å². The molecule has 406 valence electrons. The molecule has 0 aromatic heterocycles. The number of carboxylic acid groups (broad SMARTS) is 1. The highest BCUT2D eigenvalue weighted by molar-refractivity contribution is 6.00. The molecule has 2 fully saturated rings. The molecule has 73 heavy (non-hydrogen) atoms. The van der Waals surface area contributed by atoms with E-state index in [-0.39, 0.29) is 38.0 Å². The molecule has 25 nitrogen and oxygen atoms in total. The van der Waals surface area contributed by atoms with Crippen LogP contribution in [0.4, 0.5) is 0 Å². The fourth-order valence-corrected chi connectivity index (χ4v) is 8.56. The van der Waals surface area contributed by atoms with Crippen molar-refractivity contribution in [1.29, 1.82) is 0 Å². The molecule has 0 spiro atoms. The van der Waals surface area contributed by atoms with Crippen LogP contribution in [-0.2, 0) is 59.2 Å². The quantitative estimate of drug-likeness (QED) is 0.0573. The van der Waals surface area contributed by atoms with E-state index in [1.165, 1.54) is 31.2 Å². The zero-order chi connectivity index (χ0) is 54.2. The number of rotatable bonds is 21. The van der Waals surface area contributed by atoms with E-state index in [1.807, 2.05) is 0 Å². The third-order valence-corrected chi connectivity index (χ3v) is 12.5. The maximum Gasteiger partial charge on any atom is 0.303 e. The van der Waals surface area contributed by atoms with Crippen molar-refractivity contribution in [3.05, 3.63) is 29.8 Å². The van der Waals surface area contributed by atoms with Crippen molar-refractivity contribution in [2.24, 2.45) is 11.5 Å². The molecular weight excluding hydrogens is 957 g/mol. The highest BCUT2D eigenvalue weighted by Gasteiger charge is 2.41. The smallest absolute Gasteiger partial charge is 0.303 e. The number of aromatic hydroxyl groups is 1. The number of nitrogens with one attached hydrogen (secondary N) is 7. The first-order chi connectivity index (χ1) is 34.6. The number of carbonyl (C=O) groups excluding carboxylic acids is 10. The molecule has 25 heteroatoms. The molecule has 0 saturated carbocycles. The summed E-state index contributed by atoms with van der Waals surface area (Å²) in [6.07, 6.45) is 3.55. The molecule has 3 rings (SSSR count). The molecule has 0 aliphatic carbocycles. The van der Waals surface area contributed by atoms with Crippen LogP contribution in [0.1, 0.15) is 129 Å². The first-order valence-electron chi connectivity index (χ1n) is 24.9. The summed E-state index contributed by atoms with van der Waals surface area (Å²) < 4.78 is 0. The minimum absolute atomic E-state index is 0.0148. The number of hydrogen-bond donors (Lipinski definition) is 13. The number of carbonyl (C=O) groups is 11. The topological polar surface area (TPSA) is 408 Å². The monoisotopic (exact) mass is 1030 g/mol. The van der Waals surface area contributed by atoms with Crippen LogP contribution < -0.4 is 48.7 Å². The average Bonchev–Trinajstić information content (AvgIpc) is 3.82. The van der Waals surface area contributed by atoms with Gasteiger partial charge in [0.05, 0.1) is 25.6 Å². The van der Waals surface area contributed by atoms with Gasteiger partial charge in [0, 0.05) is 31.8 Å². The minimum Gasteiger partial charge on any atom is -0.508 e. The molecule has 2 heterocycles. The Morgan fingerprint density at radius 3 is 1.78 bits per heavy atom. The number of carboxylic acids is 1. The SMILES string of the molecule is CCCCCCCCCCCC1CC(=O)N[C@@H](CC(N)=O)C(=O)N[C@H](Cc2ccc(O)cc2)C(=O)N[C@H](CC(N)=O)C(=O)N2CCC[C@H]2C(=O)N[C@@H](CCC(=O)O)C(=O)N[C@H](CO)C(=O)N[C@@H]([C@@H](C)O)C(=O)N1. The first-order valence-corrected chi connectivity index (χ1v) is 24.9. The van der Waals surface area contributed by atoms with Gasteiger partial charge in [-0.2, -0.15) is 0 Å². The van der Waals surface area contributed by atoms with Gasteiger partial charge in [-0.1, -0.05) is 76.8 Å². The Hall–Kier alpha value is -6.89. The fraction of sp³-hybridized carbons (Fsp3) is 0.646. The van der Waals surface area contributed by atoms with Gasteiger partial charge < -0.3 is 74.0 Å². The number of hydrogen-bond acceptors (Lipinski definition) is 14. The van der Waals surface area contributed by atoms with Crippen molar-refractivity contribution in [2.45, 2.75) is 184 Å². The van der Waals surface area contributed by atoms with Crippen LogP contribution in [-0.4, -0.2) is 158 Å². The van der Waals surface area contributed by atoms with Crippen LogP contribution in [0.3, 0.4) is 0 Å². The summed E-state index contributed by atoms with van der Waals surface area (Å²) in [5.74, 6) is -11.9. The van der Waals surface area contributed by atoms with Gasteiger partial charge in [0.2, 0.25) is 59.1 Å². The summed E-state index contributed by atoms with van der Waals surface area (Å²) in [7, 11) is 0. The van der Waals surface area contributed by atoms with Gasteiger partial charge in [-0.25, -0.2) is 0 Å². The van der Waals surface area contributed by atoms with Gasteiger partial charge in [-0.3, -0.25) is 52.7 Å². The summed E-state index contributed by atoms with van der Waals surface area (Å²) in [5.41, 5.74) is 11.4. The molecule has 1 unspecified atom stereocenters. The van der Waals surface area contributed by atoms with Gasteiger partial charge >= 0.3 is 5.97 Å². The zero-order valence-corrected chi connectivity index (χ0v) is 41.5. The second-order valence-corrected chi connectivity index (χ2v) is 18.6. The van der Waals surface area contributed by atoms with Gasteiger partial charge in [0.1, 0.15) is 48.0 Å². The molecule has 0 radical (unpaired) electrons. The third kappa shape index (κ3) is 21.0. The van der Waals surface area contributed by atoms with Crippen LogP contribution >= 0.6 is 0 Å². The lowest BCUT2D eigenvalue weighted by Gasteiger charge is -2.30. The highest BCUT2D eigenvalue weighted by Crippen LogP contribution is 2.21. The number of phenolic OH excluding ortho intramolecular Hbond substituents is 1. The number of nitrogens with zero attached hydrogens (tertiary/aromatic N) is 1. The number of primary amides is 2. The Labute approximate surface area is 423 Å². The van der Waals surface area contributed by atoms with Crippen molar-refractivity contribution < 1.29 is 73.2 Å². The second kappa shape index (κ2) is 30.9. The van der Waals surface area contributed by atoms with Crippen molar-refractivity contribution in [3.63, 3.8) is 0 Å². The summed E-state index contributed by atoms with van der Waals surface area (Å²) in [5, 5.41) is 57.3. The van der Waals surface area contributed by atoms with Gasteiger partial charge in [-0.15, -0.1) is 0 Å². The zero-order valence-electron chi connectivity index (χ0n) is 41.5. The van der Waals surface area contributed by atoms with Crippen molar-refractivity contribution in [3.8, 4) is 5.75 Å². The lowest BCUT2D eigenvalue weighted by atomic mass is 10.0. The Morgan fingerprint density at radius 2 is 1.19 bits per heavy atom. The molecule has 1 aromatic rings. The highest BCUT2D eigenvalue weighted by atomic mass is 16.4. The van der Waals surface area contributed by atoms with E-state index >= 15 is 0 Å². The number of aliphatic hydroxyl groups is 2. The maximum atomic E-state index is 14.3. The normalized spacial score (nSPS) is 24.7. The summed E-state index contributed by atoms with van der Waals surface area (Å²) >= 11 is 0. The number of unbranched alkanes of at least 4 members (excludes halogenated alkanes) is 8. The summed E-state index contributed by atoms with van der Waals surface area (Å²) in [4.78, 5) is 149. The van der Waals surface area contributed by atoms with E-state index < -0.39 is 158 Å². The predicted molar refractivity (Wildman–Crippen MR) is 260 cm³/mol. The lowest BCUT2D eigenvalue weighted by molar-refractivity contribution is -0.143. The summed E-state index contributed by atoms with van der Waals surface area (Å²) in [6.45, 7) is 2.10. The van der Waals surface area contributed by atoms with E-state index in [2.05, 4.69) is 44.1 Å². The lowest BCUT2D eigenvalue weighted by Crippen LogP contribution is -2.61. The van der Waals surface area contributed by atoms with Gasteiger partial charge in [0.15, 0.2) is 0 Å². The summed E-state index contributed by atoms with van der Waals surface area (Å²) in [6, 6.07) is -7.32. The Balaban J connectivity index is 2.12. The Morgan fingerprint density at radius 1 is 0.658 bits per heavy atom. The molecule has 15 N–H and O–H groups in total. The van der Waals surface area contributed by atoms with Crippen molar-refractivity contribution in [2.75, 3.05) is 13.2 Å². The molecule has 1 aromatic carbocycles. The number of fused-ring (bicyclic) bond motifs is 1. The number of benzene rings is 1. The van der Waals surface area contributed by atoms with Gasteiger partial charge in [-0.05, 0) is 50.3 Å². The Bertz CT molecular complexity index is 2090. The fourth-order valence-electron chi connectivity index (χ4n) is 8.56. The Kier molecular flexibility index (Phi) is 25.5. The van der Waals surface area contributed by atoms with Crippen LogP contribution in [0.5, 0.6) is 5.75 Å². The third-order valence-electron chi connectivity index (χ3n) is 12.5. The van der Waals surface area contributed by atoms with E-state index in [0.29, 0.717) is 18.4 Å². The molecule has 9 atom stereocenters. The van der Waals surface area contributed by atoms with E-state index in [9.17, 15) is 73.2 Å². The number of amides is 10. The molecular formula is C48H74N10O15. The van der Waals surface area contributed by atoms with Crippen molar-refractivity contribution >= 4 is 65.0 Å². The standard InChI is InChI=1S/C48H74N10O15/c1-3-4-5-6-7-8-9-10-11-13-29-23-39(64)52-33(24-37(49)62)44(69)54-32(22-28-15-17-30(61)18-16-28)43(68)55-34(25-38(50)63)48(73)58-21-12-14-36(58)46(71)53-31(19-20-40(65)66)42(67)56-35(26-59)45(70)57-41(27(2)60)47(72)51-29/h15-18,27,29,31-36,41,59-61H,3-14,19-26H2,1-2H3,(H2,49,62)(H2,50,63)(H,51,72)(H,52,64)(H,53,71)(H,54,69)(H,55,68)(H,56,67)(H,57,70)(H,65,66)/t27-,29?,31+,32-,33+,34-,35-,36+,41+/m1/s1. The molecule has 0 bridgehead atoms. The largest absolute Gasteiger partial charge is 0.508 e. The van der Waals surface area contributed by atoms with Crippen LogP contribution in [0.15, 0.2) is 24.3 Å². The second-order valence-electron chi connectivity index (χ2n) is 18.6. The number of nitrogens with two attached hydrogens (primary N) is 2. The molecule has 2 aliphatic heterocycles. The molecule has 2 saturated heterocycles.